The van der Waals surface area contributed by atoms with Crippen molar-refractivity contribution in [1.29, 1.82) is 0 Å². The molecule has 0 saturated heterocycles. The van der Waals surface area contributed by atoms with Crippen LogP contribution in [0.25, 0.3) is 16.6 Å². The first kappa shape index (κ1) is 17.8. The van der Waals surface area contributed by atoms with E-state index in [9.17, 15) is 4.79 Å². The van der Waals surface area contributed by atoms with Crippen LogP contribution in [0.2, 0.25) is 0 Å². The number of fused-ring (bicyclic) bond motifs is 8. The Morgan fingerprint density at radius 1 is 1.11 bits per heavy atom. The topological polar surface area (TPSA) is 47.3 Å². The van der Waals surface area contributed by atoms with Crippen molar-refractivity contribution in [3.63, 3.8) is 0 Å². The van der Waals surface area contributed by atoms with Crippen molar-refractivity contribution in [3.8, 4) is 0 Å². The van der Waals surface area contributed by atoms with Gasteiger partial charge in [0.15, 0.2) is 5.65 Å². The molecule has 2 bridgehead atoms. The Kier molecular flexibility index (Phi) is 3.33. The number of hydrogen-bond acceptors (Lipinski definition) is 3. The van der Waals surface area contributed by atoms with E-state index in [2.05, 4.69) is 75.3 Å². The monoisotopic (exact) mass is 375 g/mol. The summed E-state index contributed by atoms with van der Waals surface area (Å²) in [6, 6.07) is 6.24. The molecule has 1 fully saturated rings. The number of nitrogens with zero attached hydrogens (tertiary/aromatic N) is 3. The molecule has 2 aliphatic rings. The molecular formula is C24H29N3O. The number of hydrogen-bond donors (Lipinski definition) is 0. The van der Waals surface area contributed by atoms with Gasteiger partial charge in [0.05, 0.1) is 5.52 Å². The second kappa shape index (κ2) is 5.22. The molecule has 3 aromatic heterocycles. The van der Waals surface area contributed by atoms with Crippen LogP contribution in [-0.4, -0.2) is 14.4 Å². The summed E-state index contributed by atoms with van der Waals surface area (Å²) in [5.74, 6) is 0.611. The zero-order valence-corrected chi connectivity index (χ0v) is 17.8. The summed E-state index contributed by atoms with van der Waals surface area (Å²) >= 11 is 0. The first-order valence-corrected chi connectivity index (χ1v) is 10.4. The maximum absolute atomic E-state index is 13.3. The van der Waals surface area contributed by atoms with Crippen molar-refractivity contribution < 1.29 is 0 Å². The third kappa shape index (κ3) is 2.20. The summed E-state index contributed by atoms with van der Waals surface area (Å²) in [6.07, 6.45) is 5.45. The summed E-state index contributed by atoms with van der Waals surface area (Å²) in [5, 5.41) is 0.953. The molecule has 28 heavy (non-hydrogen) atoms. The smallest absolute Gasteiger partial charge is 0.277 e. The molecule has 2 atom stereocenters. The number of rotatable bonds is 0. The Hall–Kier alpha value is -2.23. The standard InChI is InChI=1S/C24H29N3O/c1-22(2,3)17-8-7-15-16(25-17)10-12-27-19-18(21(28)26-20(15)27)24(6)11-9-14(13-24)23(19,4)5/h7-8,10,12,14H,9,11,13H2,1-6H3. The van der Waals surface area contributed by atoms with Gasteiger partial charge in [-0.25, -0.2) is 0 Å². The van der Waals surface area contributed by atoms with E-state index in [1.54, 1.807) is 0 Å². The molecular weight excluding hydrogens is 346 g/mol. The van der Waals surface area contributed by atoms with Gasteiger partial charge in [-0.1, -0.05) is 41.5 Å². The van der Waals surface area contributed by atoms with E-state index >= 15 is 0 Å². The van der Waals surface area contributed by atoms with Gasteiger partial charge in [-0.3, -0.25) is 9.78 Å². The molecule has 5 rings (SSSR count). The molecule has 2 unspecified atom stereocenters. The Morgan fingerprint density at radius 2 is 1.86 bits per heavy atom. The van der Waals surface area contributed by atoms with Crippen LogP contribution in [-0.2, 0) is 16.2 Å². The Bertz CT molecular complexity index is 1200. The van der Waals surface area contributed by atoms with Gasteiger partial charge in [-0.2, -0.15) is 4.98 Å². The fraction of sp³-hybridized carbons (Fsp3) is 0.542. The number of pyridine rings is 2. The summed E-state index contributed by atoms with van der Waals surface area (Å²) in [5.41, 5.74) is 4.68. The summed E-state index contributed by atoms with van der Waals surface area (Å²) in [7, 11) is 0. The van der Waals surface area contributed by atoms with Crippen LogP contribution in [0.4, 0.5) is 0 Å². The highest BCUT2D eigenvalue weighted by Crippen LogP contribution is 2.56. The third-order valence-electron chi connectivity index (χ3n) is 7.42. The van der Waals surface area contributed by atoms with Crippen molar-refractivity contribution >= 4 is 16.6 Å². The largest absolute Gasteiger partial charge is 0.304 e. The summed E-state index contributed by atoms with van der Waals surface area (Å²) < 4.78 is 2.19. The number of aromatic nitrogens is 3. The van der Waals surface area contributed by atoms with Crippen LogP contribution >= 0.6 is 0 Å². The first-order chi connectivity index (χ1) is 13.0. The second-order valence-corrected chi connectivity index (χ2v) is 10.8. The first-order valence-electron chi connectivity index (χ1n) is 10.4. The molecule has 0 aromatic carbocycles. The minimum Gasteiger partial charge on any atom is -0.304 e. The SMILES string of the molecule is CC(C)(C)c1ccc2c(ccn3c4c(c(=O)nc23)C2(C)CCC(C2)C4(C)C)n1. The maximum Gasteiger partial charge on any atom is 0.277 e. The van der Waals surface area contributed by atoms with E-state index in [0.29, 0.717) is 5.92 Å². The van der Waals surface area contributed by atoms with Gasteiger partial charge in [-0.05, 0) is 43.4 Å². The zero-order chi connectivity index (χ0) is 20.1. The van der Waals surface area contributed by atoms with Gasteiger partial charge in [0.1, 0.15) is 0 Å². The molecule has 0 N–H and O–H groups in total. The van der Waals surface area contributed by atoms with E-state index in [1.165, 1.54) is 12.1 Å². The average Bonchev–Trinajstić information content (AvgIpc) is 2.99. The summed E-state index contributed by atoms with van der Waals surface area (Å²) in [4.78, 5) is 22.8. The molecule has 146 valence electrons. The lowest BCUT2D eigenvalue weighted by Gasteiger charge is -2.42. The van der Waals surface area contributed by atoms with E-state index in [4.69, 9.17) is 4.98 Å². The normalized spacial score (nSPS) is 26.0. The van der Waals surface area contributed by atoms with Crippen molar-refractivity contribution in [2.24, 2.45) is 5.92 Å². The van der Waals surface area contributed by atoms with Gasteiger partial charge >= 0.3 is 0 Å². The zero-order valence-electron chi connectivity index (χ0n) is 17.8. The molecule has 2 aliphatic carbocycles. The molecule has 0 spiro atoms. The lowest BCUT2D eigenvalue weighted by Crippen LogP contribution is -2.43. The minimum absolute atomic E-state index is 0.0148. The fourth-order valence-electron chi connectivity index (χ4n) is 5.68. The molecule has 3 aromatic rings. The highest BCUT2D eigenvalue weighted by atomic mass is 16.1. The average molecular weight is 376 g/mol. The van der Waals surface area contributed by atoms with Crippen LogP contribution in [0.1, 0.15) is 77.8 Å². The minimum atomic E-state index is -0.0432. The third-order valence-corrected chi connectivity index (χ3v) is 7.42. The van der Waals surface area contributed by atoms with E-state index in [1.807, 2.05) is 0 Å². The fourth-order valence-corrected chi connectivity index (χ4v) is 5.68. The van der Waals surface area contributed by atoms with Crippen LogP contribution in [0, 0.1) is 5.92 Å². The highest BCUT2D eigenvalue weighted by Gasteiger charge is 2.53. The molecule has 4 heteroatoms. The Morgan fingerprint density at radius 3 is 2.57 bits per heavy atom. The predicted molar refractivity (Wildman–Crippen MR) is 113 cm³/mol. The van der Waals surface area contributed by atoms with Crippen LogP contribution < -0.4 is 5.56 Å². The van der Waals surface area contributed by atoms with Gasteiger partial charge < -0.3 is 4.40 Å². The quantitative estimate of drug-likeness (QED) is 0.526. The molecule has 0 aliphatic heterocycles. The lowest BCUT2D eigenvalue weighted by atomic mass is 9.64. The van der Waals surface area contributed by atoms with Crippen molar-refractivity contribution in [3.05, 3.63) is 51.7 Å². The van der Waals surface area contributed by atoms with Gasteiger partial charge in [0, 0.05) is 44.8 Å². The lowest BCUT2D eigenvalue weighted by molar-refractivity contribution is 0.266. The molecule has 4 nitrogen and oxygen atoms in total. The van der Waals surface area contributed by atoms with Crippen molar-refractivity contribution in [2.75, 3.05) is 0 Å². The van der Waals surface area contributed by atoms with Gasteiger partial charge in [-0.15, -0.1) is 0 Å². The van der Waals surface area contributed by atoms with Crippen LogP contribution in [0.15, 0.2) is 29.2 Å². The predicted octanol–water partition coefficient (Wildman–Crippen LogP) is 4.89. The highest BCUT2D eigenvalue weighted by molar-refractivity contribution is 5.91. The second-order valence-electron chi connectivity index (χ2n) is 10.8. The van der Waals surface area contributed by atoms with Gasteiger partial charge in [0.2, 0.25) is 0 Å². The van der Waals surface area contributed by atoms with E-state index in [-0.39, 0.29) is 21.8 Å². The van der Waals surface area contributed by atoms with Crippen molar-refractivity contribution in [2.45, 2.75) is 77.0 Å². The molecule has 0 amide bonds. The maximum atomic E-state index is 13.3. The van der Waals surface area contributed by atoms with Gasteiger partial charge in [0.25, 0.3) is 5.56 Å². The van der Waals surface area contributed by atoms with Crippen LogP contribution in [0.5, 0.6) is 0 Å². The molecule has 1 saturated carbocycles. The Labute approximate surface area is 166 Å². The summed E-state index contributed by atoms with van der Waals surface area (Å²) in [6.45, 7) is 13.4. The molecule has 3 heterocycles. The van der Waals surface area contributed by atoms with Crippen molar-refractivity contribution in [1.82, 2.24) is 14.4 Å². The van der Waals surface area contributed by atoms with Crippen LogP contribution in [0.3, 0.4) is 0 Å². The van der Waals surface area contributed by atoms with E-state index in [0.717, 1.165) is 40.6 Å². The molecule has 0 radical (unpaired) electrons. The Balaban J connectivity index is 1.89. The van der Waals surface area contributed by atoms with E-state index < -0.39 is 0 Å².